The van der Waals surface area contributed by atoms with Gasteiger partial charge in [-0.25, -0.2) is 0 Å². The number of carbonyl (C=O) groups is 1. The van der Waals surface area contributed by atoms with Crippen LogP contribution in [-0.2, 0) is 17.5 Å². The second kappa shape index (κ2) is 8.27. The number of ether oxygens (including phenoxy) is 1. The Kier molecular flexibility index (Phi) is 7.14. The van der Waals surface area contributed by atoms with Gasteiger partial charge in [-0.3, -0.25) is 4.79 Å². The second-order valence-corrected chi connectivity index (χ2v) is 6.53. The Balaban J connectivity index is 0.00000312. The van der Waals surface area contributed by atoms with Gasteiger partial charge in [0.25, 0.3) is 0 Å². The van der Waals surface area contributed by atoms with Crippen LogP contribution in [0, 0.1) is 0 Å². The standard InChI is InChI=1S/C17H23F3N2O2.ClH/c1-11(2)24-13-6-5-12(14(9-13)17(18,19)20)10-22-15(23)16(21)7-3-4-8-16;/h5-6,9,11H,3-4,7-8,10,21H2,1-2H3,(H,22,23);1H. The molecular weight excluding hydrogens is 357 g/mol. The van der Waals surface area contributed by atoms with Crippen LogP contribution < -0.4 is 15.8 Å². The number of hydrogen-bond acceptors (Lipinski definition) is 3. The molecule has 0 aliphatic heterocycles. The van der Waals surface area contributed by atoms with E-state index < -0.39 is 23.2 Å². The number of carbonyl (C=O) groups excluding carboxylic acids is 1. The van der Waals surface area contributed by atoms with E-state index in [1.807, 2.05) is 0 Å². The van der Waals surface area contributed by atoms with Crippen LogP contribution in [-0.4, -0.2) is 17.6 Å². The lowest BCUT2D eigenvalue weighted by Crippen LogP contribution is -2.51. The fraction of sp³-hybridized carbons (Fsp3) is 0.588. The highest BCUT2D eigenvalue weighted by Gasteiger charge is 2.38. The monoisotopic (exact) mass is 380 g/mol. The van der Waals surface area contributed by atoms with Gasteiger partial charge in [0.15, 0.2) is 0 Å². The highest BCUT2D eigenvalue weighted by molar-refractivity contribution is 5.86. The third-order valence-electron chi connectivity index (χ3n) is 4.15. The first-order valence-corrected chi connectivity index (χ1v) is 8.06. The van der Waals surface area contributed by atoms with Gasteiger partial charge in [0.1, 0.15) is 5.75 Å². The van der Waals surface area contributed by atoms with Crippen molar-refractivity contribution in [2.24, 2.45) is 5.73 Å². The average molecular weight is 381 g/mol. The van der Waals surface area contributed by atoms with Crippen molar-refractivity contribution in [3.63, 3.8) is 0 Å². The van der Waals surface area contributed by atoms with Crippen LogP contribution in [0.25, 0.3) is 0 Å². The summed E-state index contributed by atoms with van der Waals surface area (Å²) >= 11 is 0. The van der Waals surface area contributed by atoms with E-state index in [2.05, 4.69) is 5.32 Å². The largest absolute Gasteiger partial charge is 0.491 e. The number of nitrogens with two attached hydrogens (primary N) is 1. The summed E-state index contributed by atoms with van der Waals surface area (Å²) in [6.45, 7) is 3.27. The van der Waals surface area contributed by atoms with Crippen LogP contribution >= 0.6 is 12.4 Å². The van der Waals surface area contributed by atoms with E-state index in [1.54, 1.807) is 13.8 Å². The fourth-order valence-electron chi connectivity index (χ4n) is 2.90. The third kappa shape index (κ3) is 5.51. The first-order valence-electron chi connectivity index (χ1n) is 8.06. The van der Waals surface area contributed by atoms with Gasteiger partial charge < -0.3 is 15.8 Å². The minimum Gasteiger partial charge on any atom is -0.491 e. The van der Waals surface area contributed by atoms with E-state index in [4.69, 9.17) is 10.5 Å². The zero-order chi connectivity index (χ0) is 18.0. The van der Waals surface area contributed by atoms with Crippen molar-refractivity contribution in [1.82, 2.24) is 5.32 Å². The lowest BCUT2D eigenvalue weighted by molar-refractivity contribution is -0.138. The van der Waals surface area contributed by atoms with E-state index in [9.17, 15) is 18.0 Å². The SMILES string of the molecule is CC(C)Oc1ccc(CNC(=O)C2(N)CCCC2)c(C(F)(F)F)c1.Cl. The number of benzene rings is 1. The van der Waals surface area contributed by atoms with Crippen molar-refractivity contribution in [2.45, 2.75) is 63.9 Å². The number of amides is 1. The van der Waals surface area contributed by atoms with E-state index in [0.29, 0.717) is 12.8 Å². The summed E-state index contributed by atoms with van der Waals surface area (Å²) in [5, 5.41) is 2.55. The van der Waals surface area contributed by atoms with E-state index >= 15 is 0 Å². The summed E-state index contributed by atoms with van der Waals surface area (Å²) in [6, 6.07) is 3.78. The van der Waals surface area contributed by atoms with E-state index in [-0.39, 0.29) is 36.4 Å². The zero-order valence-corrected chi connectivity index (χ0v) is 15.1. The van der Waals surface area contributed by atoms with Gasteiger partial charge in [0, 0.05) is 6.54 Å². The topological polar surface area (TPSA) is 64.3 Å². The van der Waals surface area contributed by atoms with Crippen molar-refractivity contribution >= 4 is 18.3 Å². The Labute approximate surface area is 151 Å². The van der Waals surface area contributed by atoms with Crippen molar-refractivity contribution in [2.75, 3.05) is 0 Å². The van der Waals surface area contributed by atoms with Crippen molar-refractivity contribution in [3.05, 3.63) is 29.3 Å². The van der Waals surface area contributed by atoms with Gasteiger partial charge in [0.05, 0.1) is 17.2 Å². The summed E-state index contributed by atoms with van der Waals surface area (Å²) in [7, 11) is 0. The molecule has 4 nitrogen and oxygen atoms in total. The molecule has 0 heterocycles. The molecule has 25 heavy (non-hydrogen) atoms. The molecule has 2 rings (SSSR count). The number of halogens is 4. The summed E-state index contributed by atoms with van der Waals surface area (Å²) in [4.78, 5) is 12.2. The maximum absolute atomic E-state index is 13.3. The molecule has 3 N–H and O–H groups in total. The number of hydrogen-bond donors (Lipinski definition) is 2. The maximum Gasteiger partial charge on any atom is 0.416 e. The molecule has 1 aliphatic rings. The van der Waals surface area contributed by atoms with Gasteiger partial charge in [0.2, 0.25) is 5.91 Å². The summed E-state index contributed by atoms with van der Waals surface area (Å²) in [6.07, 6.45) is -1.91. The van der Waals surface area contributed by atoms with E-state index in [1.165, 1.54) is 12.1 Å². The molecule has 1 fully saturated rings. The Bertz CT molecular complexity index is 600. The molecule has 8 heteroatoms. The second-order valence-electron chi connectivity index (χ2n) is 6.53. The Hall–Kier alpha value is -1.47. The van der Waals surface area contributed by atoms with Gasteiger partial charge >= 0.3 is 6.18 Å². The highest BCUT2D eigenvalue weighted by atomic mass is 35.5. The first kappa shape index (κ1) is 21.6. The molecule has 1 amide bonds. The molecule has 0 unspecified atom stereocenters. The summed E-state index contributed by atoms with van der Waals surface area (Å²) in [5.74, 6) is -0.242. The molecule has 1 aromatic carbocycles. The summed E-state index contributed by atoms with van der Waals surface area (Å²) in [5.41, 5.74) is 4.24. The minimum absolute atomic E-state index is 0. The quantitative estimate of drug-likeness (QED) is 0.816. The fourth-order valence-corrected chi connectivity index (χ4v) is 2.90. The molecule has 1 saturated carbocycles. The van der Waals surface area contributed by atoms with Crippen LogP contribution in [0.4, 0.5) is 13.2 Å². The highest BCUT2D eigenvalue weighted by Crippen LogP contribution is 2.35. The molecule has 0 bridgehead atoms. The van der Waals surface area contributed by atoms with Gasteiger partial charge in [-0.1, -0.05) is 18.9 Å². The first-order chi connectivity index (χ1) is 11.1. The van der Waals surface area contributed by atoms with Gasteiger partial charge in [-0.2, -0.15) is 13.2 Å². The van der Waals surface area contributed by atoms with Crippen molar-refractivity contribution < 1.29 is 22.7 Å². The Morgan fingerprint density at radius 3 is 2.44 bits per heavy atom. The van der Waals surface area contributed by atoms with Gasteiger partial charge in [-0.15, -0.1) is 12.4 Å². The number of alkyl halides is 3. The van der Waals surface area contributed by atoms with Crippen LogP contribution in [0.5, 0.6) is 5.75 Å². The van der Waals surface area contributed by atoms with E-state index in [0.717, 1.165) is 18.9 Å². The average Bonchev–Trinajstić information content (AvgIpc) is 2.92. The third-order valence-corrected chi connectivity index (χ3v) is 4.15. The smallest absolute Gasteiger partial charge is 0.416 e. The molecule has 142 valence electrons. The normalized spacial score (nSPS) is 16.4. The summed E-state index contributed by atoms with van der Waals surface area (Å²) < 4.78 is 45.1. The zero-order valence-electron chi connectivity index (χ0n) is 14.3. The molecule has 0 atom stereocenters. The predicted octanol–water partition coefficient (Wildman–Crippen LogP) is 3.80. The Morgan fingerprint density at radius 2 is 1.92 bits per heavy atom. The minimum atomic E-state index is -4.52. The molecule has 1 aliphatic carbocycles. The molecule has 0 saturated heterocycles. The van der Waals surface area contributed by atoms with Crippen LogP contribution in [0.1, 0.15) is 50.7 Å². The lowest BCUT2D eigenvalue weighted by Gasteiger charge is -2.23. The maximum atomic E-state index is 13.3. The van der Waals surface area contributed by atoms with Crippen molar-refractivity contribution in [3.8, 4) is 5.75 Å². The molecular formula is C17H24ClF3N2O2. The van der Waals surface area contributed by atoms with Gasteiger partial charge in [-0.05, 0) is 44.4 Å². The number of rotatable bonds is 5. The molecule has 1 aromatic rings. The predicted molar refractivity (Wildman–Crippen MR) is 91.7 cm³/mol. The molecule has 0 radical (unpaired) electrons. The lowest BCUT2D eigenvalue weighted by atomic mass is 9.97. The molecule has 0 spiro atoms. The Morgan fingerprint density at radius 1 is 1.32 bits per heavy atom. The van der Waals surface area contributed by atoms with Crippen molar-refractivity contribution in [1.29, 1.82) is 0 Å². The van der Waals surface area contributed by atoms with Crippen LogP contribution in [0.3, 0.4) is 0 Å². The van der Waals surface area contributed by atoms with Crippen LogP contribution in [0.2, 0.25) is 0 Å². The van der Waals surface area contributed by atoms with Crippen LogP contribution in [0.15, 0.2) is 18.2 Å². The molecule has 0 aromatic heterocycles. The number of nitrogens with one attached hydrogen (secondary N) is 1.